The van der Waals surface area contributed by atoms with Gasteiger partial charge in [-0.25, -0.2) is 0 Å². The van der Waals surface area contributed by atoms with Crippen LogP contribution in [-0.2, 0) is 9.53 Å². The molecule has 1 aliphatic heterocycles. The van der Waals surface area contributed by atoms with Crippen LogP contribution < -0.4 is 5.32 Å². The Kier molecular flexibility index (Phi) is 6.42. The Morgan fingerprint density at radius 1 is 1.38 bits per heavy atom. The van der Waals surface area contributed by atoms with Gasteiger partial charge in [-0.05, 0) is 26.2 Å². The maximum absolute atomic E-state index is 11.7. The molecule has 0 aromatic rings. The Hall–Kier alpha value is -0.610. The monoisotopic (exact) mass is 229 g/mol. The molecule has 4 heteroatoms. The van der Waals surface area contributed by atoms with Gasteiger partial charge in [0.1, 0.15) is 0 Å². The van der Waals surface area contributed by atoms with Crippen molar-refractivity contribution >= 4 is 5.91 Å². The molecule has 2 unspecified atom stereocenters. The third-order valence-electron chi connectivity index (χ3n) is 3.10. The summed E-state index contributed by atoms with van der Waals surface area (Å²) in [6.45, 7) is 3.67. The Balaban J connectivity index is 2.02. The van der Waals surface area contributed by atoms with Crippen LogP contribution in [0.5, 0.6) is 0 Å². The van der Waals surface area contributed by atoms with Gasteiger partial charge in [-0.3, -0.25) is 4.79 Å². The fourth-order valence-electron chi connectivity index (χ4n) is 2.01. The maximum Gasteiger partial charge on any atom is 0.225 e. The summed E-state index contributed by atoms with van der Waals surface area (Å²) in [5, 5.41) is 11.6. The minimum Gasteiger partial charge on any atom is -0.396 e. The third-order valence-corrected chi connectivity index (χ3v) is 3.10. The topological polar surface area (TPSA) is 58.6 Å². The van der Waals surface area contributed by atoms with E-state index in [-0.39, 0.29) is 24.5 Å². The molecule has 1 saturated heterocycles. The molecule has 4 nitrogen and oxygen atoms in total. The average molecular weight is 229 g/mol. The number of carbonyl (C=O) groups excluding carboxylic acids is 1. The summed E-state index contributed by atoms with van der Waals surface area (Å²) < 4.78 is 5.36. The van der Waals surface area contributed by atoms with Gasteiger partial charge in [-0.1, -0.05) is 12.8 Å². The van der Waals surface area contributed by atoms with Crippen molar-refractivity contribution in [3.05, 3.63) is 0 Å². The molecule has 2 atom stereocenters. The van der Waals surface area contributed by atoms with Crippen molar-refractivity contribution in [2.24, 2.45) is 5.92 Å². The quantitative estimate of drug-likeness (QED) is 0.642. The second kappa shape index (κ2) is 7.63. The fraction of sp³-hybridized carbons (Fsp3) is 0.917. The standard InChI is InChI=1S/C12H23NO3/c1-10-11(6-9-16-10)12(15)13-7-4-2-3-5-8-14/h10-11,14H,2-9H2,1H3,(H,13,15). The number of ether oxygens (including phenoxy) is 1. The zero-order chi connectivity index (χ0) is 11.8. The number of hydrogen-bond acceptors (Lipinski definition) is 3. The van der Waals surface area contributed by atoms with Crippen molar-refractivity contribution in [2.75, 3.05) is 19.8 Å². The highest BCUT2D eigenvalue weighted by atomic mass is 16.5. The number of rotatable bonds is 7. The van der Waals surface area contributed by atoms with E-state index >= 15 is 0 Å². The summed E-state index contributed by atoms with van der Waals surface area (Å²) in [4.78, 5) is 11.7. The number of hydrogen-bond donors (Lipinski definition) is 2. The summed E-state index contributed by atoms with van der Waals surface area (Å²) >= 11 is 0. The van der Waals surface area contributed by atoms with Gasteiger partial charge in [-0.15, -0.1) is 0 Å². The molecule has 2 N–H and O–H groups in total. The SMILES string of the molecule is CC1OCCC1C(=O)NCCCCCCO. The molecule has 0 aliphatic carbocycles. The molecule has 1 amide bonds. The van der Waals surface area contributed by atoms with Crippen LogP contribution in [0.1, 0.15) is 39.0 Å². The molecule has 1 rings (SSSR count). The molecular weight excluding hydrogens is 206 g/mol. The Morgan fingerprint density at radius 2 is 2.12 bits per heavy atom. The van der Waals surface area contributed by atoms with E-state index in [1.165, 1.54) is 0 Å². The number of unbranched alkanes of at least 4 members (excludes halogenated alkanes) is 3. The molecule has 0 saturated carbocycles. The zero-order valence-corrected chi connectivity index (χ0v) is 10.1. The summed E-state index contributed by atoms with van der Waals surface area (Å²) in [5.74, 6) is 0.171. The van der Waals surface area contributed by atoms with Crippen LogP contribution in [0.3, 0.4) is 0 Å². The largest absolute Gasteiger partial charge is 0.396 e. The lowest BCUT2D eigenvalue weighted by atomic mass is 10.0. The first kappa shape index (κ1) is 13.5. The maximum atomic E-state index is 11.7. The normalized spacial score (nSPS) is 24.6. The van der Waals surface area contributed by atoms with Gasteiger partial charge in [-0.2, -0.15) is 0 Å². The fourth-order valence-corrected chi connectivity index (χ4v) is 2.01. The summed E-state index contributed by atoms with van der Waals surface area (Å²) in [7, 11) is 0. The first-order chi connectivity index (χ1) is 7.75. The Labute approximate surface area is 97.4 Å². The highest BCUT2D eigenvalue weighted by Crippen LogP contribution is 2.20. The van der Waals surface area contributed by atoms with Gasteiger partial charge in [0.15, 0.2) is 0 Å². The van der Waals surface area contributed by atoms with Crippen molar-refractivity contribution in [3.63, 3.8) is 0 Å². The van der Waals surface area contributed by atoms with Crippen LogP contribution in [0.15, 0.2) is 0 Å². The molecule has 1 aliphatic rings. The van der Waals surface area contributed by atoms with Crippen molar-refractivity contribution in [3.8, 4) is 0 Å². The lowest BCUT2D eigenvalue weighted by molar-refractivity contribution is -0.126. The van der Waals surface area contributed by atoms with E-state index in [4.69, 9.17) is 9.84 Å². The average Bonchev–Trinajstić information content (AvgIpc) is 2.69. The molecule has 0 radical (unpaired) electrons. The van der Waals surface area contributed by atoms with Gasteiger partial charge >= 0.3 is 0 Å². The van der Waals surface area contributed by atoms with Gasteiger partial charge in [0.25, 0.3) is 0 Å². The number of aliphatic hydroxyl groups is 1. The molecule has 1 fully saturated rings. The summed E-state index contributed by atoms with van der Waals surface area (Å²) in [6.07, 6.45) is 4.87. The van der Waals surface area contributed by atoms with Gasteiger partial charge < -0.3 is 15.2 Å². The molecule has 0 aromatic carbocycles. The number of amides is 1. The van der Waals surface area contributed by atoms with E-state index in [1.54, 1.807) is 0 Å². The van der Waals surface area contributed by atoms with E-state index in [1.807, 2.05) is 6.92 Å². The van der Waals surface area contributed by atoms with Crippen molar-refractivity contribution in [2.45, 2.75) is 45.1 Å². The van der Waals surface area contributed by atoms with Crippen LogP contribution in [0, 0.1) is 5.92 Å². The highest BCUT2D eigenvalue weighted by Gasteiger charge is 2.30. The number of carbonyl (C=O) groups is 1. The van der Waals surface area contributed by atoms with Gasteiger partial charge in [0.05, 0.1) is 12.0 Å². The van der Waals surface area contributed by atoms with E-state index in [2.05, 4.69) is 5.32 Å². The highest BCUT2D eigenvalue weighted by molar-refractivity contribution is 5.79. The third kappa shape index (κ3) is 4.49. The van der Waals surface area contributed by atoms with E-state index in [0.29, 0.717) is 6.61 Å². The van der Waals surface area contributed by atoms with E-state index in [9.17, 15) is 4.79 Å². The van der Waals surface area contributed by atoms with Crippen LogP contribution >= 0.6 is 0 Å². The molecular formula is C12H23NO3. The van der Waals surface area contributed by atoms with Crippen molar-refractivity contribution < 1.29 is 14.6 Å². The summed E-state index contributed by atoms with van der Waals surface area (Å²) in [6, 6.07) is 0. The minimum atomic E-state index is 0.0393. The molecule has 0 bridgehead atoms. The smallest absolute Gasteiger partial charge is 0.225 e. The molecule has 16 heavy (non-hydrogen) atoms. The van der Waals surface area contributed by atoms with E-state index < -0.39 is 0 Å². The van der Waals surface area contributed by atoms with Crippen LogP contribution in [-0.4, -0.2) is 36.9 Å². The van der Waals surface area contributed by atoms with Gasteiger partial charge in [0.2, 0.25) is 5.91 Å². The molecule has 0 aromatic heterocycles. The number of nitrogens with one attached hydrogen (secondary N) is 1. The summed E-state index contributed by atoms with van der Waals surface area (Å²) in [5.41, 5.74) is 0. The zero-order valence-electron chi connectivity index (χ0n) is 10.1. The lowest BCUT2D eigenvalue weighted by Gasteiger charge is -2.13. The molecule has 1 heterocycles. The molecule has 94 valence electrons. The second-order valence-electron chi connectivity index (χ2n) is 4.40. The van der Waals surface area contributed by atoms with Crippen LogP contribution in [0.4, 0.5) is 0 Å². The van der Waals surface area contributed by atoms with Crippen LogP contribution in [0.25, 0.3) is 0 Å². The second-order valence-corrected chi connectivity index (χ2v) is 4.40. The lowest BCUT2D eigenvalue weighted by Crippen LogP contribution is -2.34. The minimum absolute atomic E-state index is 0.0393. The first-order valence-corrected chi connectivity index (χ1v) is 6.26. The Morgan fingerprint density at radius 3 is 2.75 bits per heavy atom. The Bertz CT molecular complexity index is 208. The molecule has 0 spiro atoms. The number of aliphatic hydroxyl groups excluding tert-OH is 1. The predicted molar refractivity (Wildman–Crippen MR) is 62.1 cm³/mol. The predicted octanol–water partition coefficient (Wildman–Crippen LogP) is 1.08. The van der Waals surface area contributed by atoms with Crippen LogP contribution in [0.2, 0.25) is 0 Å². The van der Waals surface area contributed by atoms with Gasteiger partial charge in [0, 0.05) is 19.8 Å². The van der Waals surface area contributed by atoms with Crippen molar-refractivity contribution in [1.29, 1.82) is 0 Å². The van der Waals surface area contributed by atoms with Crippen molar-refractivity contribution in [1.82, 2.24) is 5.32 Å². The van der Waals surface area contributed by atoms with E-state index in [0.717, 1.165) is 38.6 Å². The first-order valence-electron chi connectivity index (χ1n) is 6.26.